The van der Waals surface area contributed by atoms with Gasteiger partial charge >= 0.3 is 0 Å². The van der Waals surface area contributed by atoms with E-state index in [9.17, 15) is 9.18 Å². The lowest BCUT2D eigenvalue weighted by Crippen LogP contribution is -2.33. The lowest BCUT2D eigenvalue weighted by Gasteiger charge is -2.32. The van der Waals surface area contributed by atoms with E-state index in [2.05, 4.69) is 32.0 Å². The van der Waals surface area contributed by atoms with E-state index in [-0.39, 0.29) is 18.2 Å². The van der Waals surface area contributed by atoms with Crippen molar-refractivity contribution in [3.63, 3.8) is 0 Å². The van der Waals surface area contributed by atoms with E-state index in [0.717, 1.165) is 55.0 Å². The Kier molecular flexibility index (Phi) is 6.16. The number of anilines is 1. The van der Waals surface area contributed by atoms with Gasteiger partial charge in [0, 0.05) is 48.9 Å². The summed E-state index contributed by atoms with van der Waals surface area (Å²) in [6.45, 7) is 4.29. The summed E-state index contributed by atoms with van der Waals surface area (Å²) in [5.74, 6) is 1.22. The van der Waals surface area contributed by atoms with Gasteiger partial charge in [0.25, 0.3) is 0 Å². The molecule has 4 aromatic rings. The number of rotatable bonds is 5. The highest BCUT2D eigenvalue weighted by molar-refractivity contribution is 6.08. The third-order valence-electron chi connectivity index (χ3n) is 7.80. The number of halogens is 1. The Balaban J connectivity index is 1.29. The predicted molar refractivity (Wildman–Crippen MR) is 139 cm³/mol. The van der Waals surface area contributed by atoms with Gasteiger partial charge in [-0.2, -0.15) is 0 Å². The molecule has 0 amide bonds. The zero-order valence-corrected chi connectivity index (χ0v) is 20.8. The molecule has 1 aliphatic heterocycles. The fraction of sp³-hybridized carbons (Fsp3) is 0.393. The molecule has 3 aromatic heterocycles. The van der Waals surface area contributed by atoms with Crippen molar-refractivity contribution in [2.45, 2.75) is 57.7 Å². The van der Waals surface area contributed by atoms with Gasteiger partial charge in [-0.15, -0.1) is 10.2 Å². The van der Waals surface area contributed by atoms with Crippen LogP contribution in [0.25, 0.3) is 10.9 Å². The van der Waals surface area contributed by atoms with Crippen LogP contribution in [0.15, 0.2) is 49.2 Å². The Morgan fingerprint density at radius 2 is 2.05 bits per heavy atom. The molecule has 2 N–H and O–H groups in total. The summed E-state index contributed by atoms with van der Waals surface area (Å²) in [5.41, 5.74) is 9.97. The number of hydrogen-bond donors (Lipinski definition) is 1. The number of ketones is 1. The van der Waals surface area contributed by atoms with Crippen LogP contribution in [-0.4, -0.2) is 43.1 Å². The van der Waals surface area contributed by atoms with Crippen LogP contribution >= 0.6 is 0 Å². The fourth-order valence-electron chi connectivity index (χ4n) is 6.02. The quantitative estimate of drug-likeness (QED) is 0.414. The summed E-state index contributed by atoms with van der Waals surface area (Å²) in [7, 11) is 0. The average Bonchev–Trinajstić information content (AvgIpc) is 3.36. The minimum absolute atomic E-state index is 0.0984. The van der Waals surface area contributed by atoms with Crippen LogP contribution in [0.5, 0.6) is 0 Å². The largest absolute Gasteiger partial charge is 0.361 e. The van der Waals surface area contributed by atoms with Crippen molar-refractivity contribution in [2.75, 3.05) is 11.4 Å². The number of pyridine rings is 2. The molecule has 0 bridgehead atoms. The highest BCUT2D eigenvalue weighted by Gasteiger charge is 2.28. The SMILES string of the molecule is C[C@@H]1C[C@H](N)C[C@H](c2ccncc2CC(=O)c2ccc(F)c3cc(N4CCn5cnnc5C4)cnc23)C1. The maximum absolute atomic E-state index is 15.0. The Hall–Kier alpha value is -3.72. The van der Waals surface area contributed by atoms with Crippen molar-refractivity contribution < 1.29 is 9.18 Å². The summed E-state index contributed by atoms with van der Waals surface area (Å²) in [5, 5.41) is 8.47. The molecule has 37 heavy (non-hydrogen) atoms. The van der Waals surface area contributed by atoms with E-state index in [0.29, 0.717) is 34.8 Å². The number of carbonyl (C=O) groups excluding carboxylic acids is 1. The lowest BCUT2D eigenvalue weighted by molar-refractivity contribution is 0.0994. The van der Waals surface area contributed by atoms with Gasteiger partial charge in [-0.3, -0.25) is 14.8 Å². The van der Waals surface area contributed by atoms with Crippen LogP contribution in [0.2, 0.25) is 0 Å². The molecule has 1 fully saturated rings. The molecule has 4 heterocycles. The summed E-state index contributed by atoms with van der Waals surface area (Å²) < 4.78 is 17.0. The van der Waals surface area contributed by atoms with Crippen molar-refractivity contribution >= 4 is 22.4 Å². The van der Waals surface area contributed by atoms with E-state index in [4.69, 9.17) is 5.73 Å². The molecule has 1 saturated carbocycles. The van der Waals surface area contributed by atoms with E-state index < -0.39 is 5.82 Å². The molecule has 8 nitrogen and oxygen atoms in total. The fourth-order valence-corrected chi connectivity index (χ4v) is 6.02. The highest BCUT2D eigenvalue weighted by Crippen LogP contribution is 2.37. The standard InChI is InChI=1S/C28H30FN7O/c1-17-8-18(10-20(30)9-17)22-4-5-31-13-19(22)11-26(37)23-2-3-25(29)24-12-21(14-32-28(23)24)35-6-7-36-16-33-34-27(36)15-35/h2-5,12-14,16-18,20H,6-11,15,30H2,1H3/t17-,18+,20-/m0/s1. The van der Waals surface area contributed by atoms with E-state index >= 15 is 0 Å². The van der Waals surface area contributed by atoms with Crippen LogP contribution in [0.1, 0.15) is 59.4 Å². The van der Waals surface area contributed by atoms with Crippen LogP contribution < -0.4 is 10.6 Å². The average molecular weight is 500 g/mol. The molecule has 0 radical (unpaired) electrons. The van der Waals surface area contributed by atoms with Gasteiger partial charge < -0.3 is 15.2 Å². The predicted octanol–water partition coefficient (Wildman–Crippen LogP) is 4.04. The molecule has 2 aliphatic rings. The number of Topliss-reactive ketones (excluding diaryl/α,β-unsaturated/α-hetero) is 1. The van der Waals surface area contributed by atoms with Crippen LogP contribution in [0.3, 0.4) is 0 Å². The topological polar surface area (TPSA) is 103 Å². The monoisotopic (exact) mass is 499 g/mol. The molecule has 0 spiro atoms. The number of nitrogens with zero attached hydrogens (tertiary/aromatic N) is 6. The zero-order valence-electron chi connectivity index (χ0n) is 20.8. The molecular weight excluding hydrogens is 469 g/mol. The maximum Gasteiger partial charge on any atom is 0.169 e. The molecule has 190 valence electrons. The van der Waals surface area contributed by atoms with Gasteiger partial charge in [0.15, 0.2) is 11.6 Å². The van der Waals surface area contributed by atoms with Crippen molar-refractivity contribution in [1.29, 1.82) is 0 Å². The number of carbonyl (C=O) groups is 1. The van der Waals surface area contributed by atoms with Gasteiger partial charge in [-0.1, -0.05) is 6.92 Å². The zero-order chi connectivity index (χ0) is 25.5. The van der Waals surface area contributed by atoms with Gasteiger partial charge in [-0.25, -0.2) is 4.39 Å². The number of aromatic nitrogens is 5. The normalized spacial score (nSPS) is 21.7. The molecule has 1 aliphatic carbocycles. The number of hydrogen-bond acceptors (Lipinski definition) is 7. The highest BCUT2D eigenvalue weighted by atomic mass is 19.1. The molecule has 1 aromatic carbocycles. The summed E-state index contributed by atoms with van der Waals surface area (Å²) >= 11 is 0. The van der Waals surface area contributed by atoms with Gasteiger partial charge in [0.2, 0.25) is 0 Å². The molecular formula is C28H30FN7O. The van der Waals surface area contributed by atoms with Crippen molar-refractivity contribution in [3.05, 3.63) is 77.5 Å². The molecule has 9 heteroatoms. The first kappa shape index (κ1) is 23.7. The summed E-state index contributed by atoms with van der Waals surface area (Å²) in [4.78, 5) is 24.5. The number of fused-ring (bicyclic) bond motifs is 2. The van der Waals surface area contributed by atoms with Gasteiger partial charge in [0.05, 0.1) is 23.9 Å². The van der Waals surface area contributed by atoms with E-state index in [1.165, 1.54) is 6.07 Å². The number of benzene rings is 1. The van der Waals surface area contributed by atoms with Gasteiger partial charge in [0.1, 0.15) is 12.1 Å². The number of nitrogens with two attached hydrogens (primary N) is 1. The molecule has 0 saturated heterocycles. The van der Waals surface area contributed by atoms with Crippen molar-refractivity contribution in [3.8, 4) is 0 Å². The first-order valence-corrected chi connectivity index (χ1v) is 12.9. The van der Waals surface area contributed by atoms with Crippen LogP contribution in [0, 0.1) is 11.7 Å². The second-order valence-corrected chi connectivity index (χ2v) is 10.5. The van der Waals surface area contributed by atoms with Gasteiger partial charge in [-0.05, 0) is 66.5 Å². The van der Waals surface area contributed by atoms with Crippen LogP contribution in [-0.2, 0) is 19.5 Å². The lowest BCUT2D eigenvalue weighted by atomic mass is 9.75. The Morgan fingerprint density at radius 3 is 2.92 bits per heavy atom. The second kappa shape index (κ2) is 9.63. The Morgan fingerprint density at radius 1 is 1.16 bits per heavy atom. The second-order valence-electron chi connectivity index (χ2n) is 10.5. The first-order chi connectivity index (χ1) is 18.0. The molecule has 0 unspecified atom stereocenters. The first-order valence-electron chi connectivity index (χ1n) is 12.9. The third-order valence-corrected chi connectivity index (χ3v) is 7.80. The van der Waals surface area contributed by atoms with E-state index in [1.807, 2.05) is 10.6 Å². The smallest absolute Gasteiger partial charge is 0.169 e. The Labute approximate surface area is 214 Å². The summed E-state index contributed by atoms with van der Waals surface area (Å²) in [6.07, 6.45) is 10.2. The van der Waals surface area contributed by atoms with E-state index in [1.54, 1.807) is 37.1 Å². The van der Waals surface area contributed by atoms with Crippen molar-refractivity contribution in [1.82, 2.24) is 24.7 Å². The minimum atomic E-state index is -0.395. The van der Waals surface area contributed by atoms with Crippen molar-refractivity contribution in [2.24, 2.45) is 11.7 Å². The maximum atomic E-state index is 15.0. The molecule has 3 atom stereocenters. The Bertz CT molecular complexity index is 1460. The third kappa shape index (κ3) is 4.59. The summed E-state index contributed by atoms with van der Waals surface area (Å²) in [6, 6.07) is 6.87. The van der Waals surface area contributed by atoms with Crippen LogP contribution in [0.4, 0.5) is 10.1 Å². The minimum Gasteiger partial charge on any atom is -0.361 e. The molecule has 6 rings (SSSR count).